The molecule has 2 aromatic rings. The van der Waals surface area contributed by atoms with Crippen LogP contribution in [0.3, 0.4) is 0 Å². The lowest BCUT2D eigenvalue weighted by atomic mass is 10.0. The molecule has 0 aliphatic rings. The first kappa shape index (κ1) is 14.6. The van der Waals surface area contributed by atoms with Crippen molar-refractivity contribution in [3.63, 3.8) is 0 Å². The van der Waals surface area contributed by atoms with E-state index in [2.05, 4.69) is 0 Å². The molecular weight excluding hydrogens is 272 g/mol. The molecule has 0 radical (unpaired) electrons. The van der Waals surface area contributed by atoms with E-state index in [1.54, 1.807) is 30.4 Å². The summed E-state index contributed by atoms with van der Waals surface area (Å²) >= 11 is 1.55. The zero-order valence-electron chi connectivity index (χ0n) is 9.70. The Morgan fingerprint density at radius 3 is 2.67 bits per heavy atom. The van der Waals surface area contributed by atoms with Crippen molar-refractivity contribution in [1.29, 1.82) is 0 Å². The number of hydrogen-bond donors (Lipinski definition) is 1. The molecule has 1 aromatic carbocycles. The first-order valence-electron chi connectivity index (χ1n) is 5.13. The van der Waals surface area contributed by atoms with Crippen LogP contribution in [0, 0.1) is 17.0 Å². The minimum absolute atomic E-state index is 0. The molecule has 18 heavy (non-hydrogen) atoms. The van der Waals surface area contributed by atoms with Gasteiger partial charge in [-0.05, 0) is 23.9 Å². The van der Waals surface area contributed by atoms with Gasteiger partial charge in [0.2, 0.25) is 0 Å². The molecule has 1 atom stereocenters. The lowest BCUT2D eigenvalue weighted by Crippen LogP contribution is -2.10. The van der Waals surface area contributed by atoms with Crippen molar-refractivity contribution >= 4 is 29.4 Å². The minimum Gasteiger partial charge on any atom is -0.320 e. The summed E-state index contributed by atoms with van der Waals surface area (Å²) in [7, 11) is 0. The highest BCUT2D eigenvalue weighted by Crippen LogP contribution is 2.27. The molecule has 1 heterocycles. The highest BCUT2D eigenvalue weighted by Gasteiger charge is 2.16. The van der Waals surface area contributed by atoms with Gasteiger partial charge >= 0.3 is 0 Å². The fraction of sp³-hybridized carbons (Fsp3) is 0.167. The topological polar surface area (TPSA) is 69.2 Å². The molecule has 0 aliphatic heterocycles. The van der Waals surface area contributed by atoms with Crippen LogP contribution in [0.1, 0.15) is 22.0 Å². The third kappa shape index (κ3) is 2.87. The number of nitrogens with zero attached hydrogens (tertiary/aromatic N) is 1. The lowest BCUT2D eigenvalue weighted by Gasteiger charge is -2.10. The second kappa shape index (κ2) is 5.95. The molecule has 0 saturated carbocycles. The van der Waals surface area contributed by atoms with Gasteiger partial charge < -0.3 is 5.73 Å². The van der Waals surface area contributed by atoms with E-state index in [1.165, 1.54) is 0 Å². The molecule has 6 heteroatoms. The van der Waals surface area contributed by atoms with Gasteiger partial charge in [0.15, 0.2) is 0 Å². The van der Waals surface area contributed by atoms with E-state index in [-0.39, 0.29) is 29.1 Å². The van der Waals surface area contributed by atoms with Crippen LogP contribution in [0.15, 0.2) is 35.7 Å². The zero-order chi connectivity index (χ0) is 12.4. The van der Waals surface area contributed by atoms with Gasteiger partial charge in [-0.2, -0.15) is 0 Å². The Labute approximate surface area is 115 Å². The second-order valence-electron chi connectivity index (χ2n) is 3.80. The smallest absolute Gasteiger partial charge is 0.272 e. The van der Waals surface area contributed by atoms with Crippen LogP contribution in [0.4, 0.5) is 5.69 Å². The van der Waals surface area contributed by atoms with E-state index in [4.69, 9.17) is 5.73 Å². The summed E-state index contributed by atoms with van der Waals surface area (Å²) < 4.78 is 0. The number of aryl methyl sites for hydroxylation is 1. The second-order valence-corrected chi connectivity index (χ2v) is 4.78. The normalized spacial score (nSPS) is 11.7. The molecule has 0 fully saturated rings. The first-order valence-corrected chi connectivity index (χ1v) is 6.01. The van der Waals surface area contributed by atoms with Gasteiger partial charge in [0.05, 0.1) is 11.0 Å². The molecule has 0 saturated heterocycles. The van der Waals surface area contributed by atoms with E-state index in [1.807, 2.05) is 23.6 Å². The Morgan fingerprint density at radius 2 is 2.11 bits per heavy atom. The monoisotopic (exact) mass is 284 g/mol. The molecule has 0 aliphatic carbocycles. The van der Waals surface area contributed by atoms with Gasteiger partial charge in [0.1, 0.15) is 0 Å². The van der Waals surface area contributed by atoms with E-state index in [9.17, 15) is 10.1 Å². The molecule has 0 spiro atoms. The summed E-state index contributed by atoms with van der Waals surface area (Å²) in [6.45, 7) is 1.72. The molecular formula is C12H13ClN2O2S. The van der Waals surface area contributed by atoms with Crippen LogP contribution in [0.2, 0.25) is 0 Å². The molecule has 0 bridgehead atoms. The van der Waals surface area contributed by atoms with Crippen molar-refractivity contribution in [3.8, 4) is 0 Å². The van der Waals surface area contributed by atoms with Gasteiger partial charge in [0.25, 0.3) is 5.69 Å². The van der Waals surface area contributed by atoms with E-state index < -0.39 is 0 Å². The highest BCUT2D eigenvalue weighted by atomic mass is 35.5. The van der Waals surface area contributed by atoms with E-state index >= 15 is 0 Å². The average molecular weight is 285 g/mol. The number of nitro benzene ring substituents is 1. The number of benzene rings is 1. The third-order valence-electron chi connectivity index (χ3n) is 2.64. The van der Waals surface area contributed by atoms with Gasteiger partial charge in [-0.1, -0.05) is 18.2 Å². The average Bonchev–Trinajstić information content (AvgIpc) is 2.81. The Hall–Kier alpha value is -1.43. The number of nitrogens with two attached hydrogens (primary N) is 1. The maximum Gasteiger partial charge on any atom is 0.272 e. The van der Waals surface area contributed by atoms with Crippen molar-refractivity contribution in [1.82, 2.24) is 0 Å². The zero-order valence-corrected chi connectivity index (χ0v) is 11.3. The van der Waals surface area contributed by atoms with Gasteiger partial charge in [-0.15, -0.1) is 23.7 Å². The first-order chi connectivity index (χ1) is 8.09. The molecule has 96 valence electrons. The fourth-order valence-corrected chi connectivity index (χ4v) is 2.40. The summed E-state index contributed by atoms with van der Waals surface area (Å²) in [6.07, 6.45) is 0. The van der Waals surface area contributed by atoms with Crippen molar-refractivity contribution < 1.29 is 4.92 Å². The van der Waals surface area contributed by atoms with E-state index in [0.29, 0.717) is 5.56 Å². The molecule has 2 N–H and O–H groups in total. The number of nitro groups is 1. The van der Waals surface area contributed by atoms with Gasteiger partial charge in [-0.3, -0.25) is 10.1 Å². The maximum absolute atomic E-state index is 10.9. The Kier molecular flexibility index (Phi) is 4.84. The highest BCUT2D eigenvalue weighted by molar-refractivity contribution is 7.10. The molecule has 2 rings (SSSR count). The lowest BCUT2D eigenvalue weighted by molar-refractivity contribution is -0.385. The summed E-state index contributed by atoms with van der Waals surface area (Å²) in [4.78, 5) is 11.5. The quantitative estimate of drug-likeness (QED) is 0.693. The Morgan fingerprint density at radius 1 is 1.39 bits per heavy atom. The van der Waals surface area contributed by atoms with Crippen molar-refractivity contribution in [2.24, 2.45) is 5.73 Å². The van der Waals surface area contributed by atoms with Crippen LogP contribution < -0.4 is 5.73 Å². The van der Waals surface area contributed by atoms with Crippen LogP contribution in [0.5, 0.6) is 0 Å². The van der Waals surface area contributed by atoms with Gasteiger partial charge in [-0.25, -0.2) is 0 Å². The largest absolute Gasteiger partial charge is 0.320 e. The van der Waals surface area contributed by atoms with Gasteiger partial charge in [0, 0.05) is 16.5 Å². The summed E-state index contributed by atoms with van der Waals surface area (Å²) in [5.74, 6) is 0. The summed E-state index contributed by atoms with van der Waals surface area (Å²) in [5.41, 5.74) is 7.61. The standard InChI is InChI=1S/C12H12N2O2S.ClH/c1-8-4-5-9(7-10(8)14(15)16)12(13)11-3-2-6-17-11;/h2-7,12H,13H2,1H3;1H/t12-;/m0./s1. The predicted octanol–water partition coefficient (Wildman–Crippen LogP) is 3.43. The number of thiophene rings is 1. The maximum atomic E-state index is 10.9. The summed E-state index contributed by atoms with van der Waals surface area (Å²) in [6, 6.07) is 8.69. The minimum atomic E-state index is -0.375. The van der Waals surface area contributed by atoms with Crippen LogP contribution in [0.25, 0.3) is 0 Å². The molecule has 0 unspecified atom stereocenters. The fourth-order valence-electron chi connectivity index (χ4n) is 1.65. The number of hydrogen-bond acceptors (Lipinski definition) is 4. The van der Waals surface area contributed by atoms with Crippen LogP contribution >= 0.6 is 23.7 Å². The van der Waals surface area contributed by atoms with Crippen LogP contribution in [-0.2, 0) is 0 Å². The number of rotatable bonds is 3. The Bertz CT molecular complexity index is 543. The Balaban J connectivity index is 0.00000162. The SMILES string of the molecule is Cc1ccc([C@H](N)c2cccs2)cc1[N+](=O)[O-].Cl. The number of halogens is 1. The summed E-state index contributed by atoms with van der Waals surface area (Å²) in [5, 5.41) is 12.8. The molecule has 0 amide bonds. The molecule has 1 aromatic heterocycles. The van der Waals surface area contributed by atoms with Crippen molar-refractivity contribution in [2.75, 3.05) is 0 Å². The van der Waals surface area contributed by atoms with E-state index in [0.717, 1.165) is 10.4 Å². The molecule has 4 nitrogen and oxygen atoms in total. The third-order valence-corrected chi connectivity index (χ3v) is 3.59. The van der Waals surface area contributed by atoms with Crippen LogP contribution in [-0.4, -0.2) is 4.92 Å². The van der Waals surface area contributed by atoms with Crippen molar-refractivity contribution in [3.05, 3.63) is 61.8 Å². The van der Waals surface area contributed by atoms with Crippen molar-refractivity contribution in [2.45, 2.75) is 13.0 Å². The predicted molar refractivity (Wildman–Crippen MR) is 75.4 cm³/mol.